The molecule has 6 heteroatoms. The van der Waals surface area contributed by atoms with E-state index in [0.29, 0.717) is 35.3 Å². The molecule has 1 fully saturated rings. The summed E-state index contributed by atoms with van der Waals surface area (Å²) >= 11 is 0. The number of nitrogens with zero attached hydrogens (tertiary/aromatic N) is 3. The largest absolute Gasteiger partial charge is 0.398 e. The Morgan fingerprint density at radius 1 is 1.15 bits per heavy atom. The van der Waals surface area contributed by atoms with Crippen molar-refractivity contribution in [3.63, 3.8) is 0 Å². The minimum Gasteiger partial charge on any atom is -0.398 e. The molecule has 0 saturated heterocycles. The summed E-state index contributed by atoms with van der Waals surface area (Å²) in [5.41, 5.74) is 7.92. The SMILES string of the molecule is Nc1cc(=O)n(Cc2ccccc2)c2nc(NC3CCCCC3)ncc12. The first kappa shape index (κ1) is 16.6. The van der Waals surface area contributed by atoms with Gasteiger partial charge < -0.3 is 11.1 Å². The minimum absolute atomic E-state index is 0.152. The van der Waals surface area contributed by atoms with Gasteiger partial charge in [0, 0.05) is 24.0 Å². The maximum Gasteiger partial charge on any atom is 0.254 e. The van der Waals surface area contributed by atoms with Crippen molar-refractivity contribution in [2.75, 3.05) is 11.1 Å². The van der Waals surface area contributed by atoms with Gasteiger partial charge in [0.15, 0.2) is 5.65 Å². The predicted octanol–water partition coefficient (Wildman–Crippen LogP) is 3.17. The second-order valence-corrected chi connectivity index (χ2v) is 6.92. The first-order valence-corrected chi connectivity index (χ1v) is 9.17. The van der Waals surface area contributed by atoms with Gasteiger partial charge >= 0.3 is 0 Å². The van der Waals surface area contributed by atoms with Crippen LogP contribution < -0.4 is 16.6 Å². The Bertz CT molecular complexity index is 961. The van der Waals surface area contributed by atoms with Crippen LogP contribution in [0.4, 0.5) is 11.6 Å². The first-order chi connectivity index (χ1) is 12.7. The highest BCUT2D eigenvalue weighted by atomic mass is 16.1. The van der Waals surface area contributed by atoms with Crippen LogP contribution in [0.25, 0.3) is 11.0 Å². The standard InChI is InChI=1S/C20H23N5O/c21-17-11-18(26)25(13-14-7-3-1-4-8-14)19-16(17)12-22-20(24-19)23-15-9-5-2-6-10-15/h1,3-4,7-8,11-12,15H,2,5-6,9-10,13,21H2,(H,22,23,24). The van der Waals surface area contributed by atoms with Crippen molar-refractivity contribution in [3.8, 4) is 0 Å². The zero-order valence-corrected chi connectivity index (χ0v) is 14.7. The van der Waals surface area contributed by atoms with E-state index in [9.17, 15) is 4.79 Å². The van der Waals surface area contributed by atoms with Gasteiger partial charge in [0.2, 0.25) is 5.95 Å². The molecule has 0 aliphatic heterocycles. The average molecular weight is 349 g/mol. The van der Waals surface area contributed by atoms with Crippen molar-refractivity contribution in [3.05, 3.63) is 58.5 Å². The van der Waals surface area contributed by atoms with Crippen molar-refractivity contribution in [2.24, 2.45) is 0 Å². The van der Waals surface area contributed by atoms with E-state index in [-0.39, 0.29) is 5.56 Å². The van der Waals surface area contributed by atoms with Crippen LogP contribution in [0.5, 0.6) is 0 Å². The van der Waals surface area contributed by atoms with Crippen LogP contribution in [0.15, 0.2) is 47.4 Å². The molecular formula is C20H23N5O. The highest BCUT2D eigenvalue weighted by Gasteiger charge is 2.16. The van der Waals surface area contributed by atoms with Gasteiger partial charge in [0.1, 0.15) is 0 Å². The number of anilines is 2. The lowest BCUT2D eigenvalue weighted by atomic mass is 9.96. The Balaban J connectivity index is 1.74. The molecule has 2 heterocycles. The van der Waals surface area contributed by atoms with E-state index in [1.54, 1.807) is 10.8 Å². The Hall–Kier alpha value is -2.89. The van der Waals surface area contributed by atoms with Gasteiger partial charge in [-0.1, -0.05) is 49.6 Å². The molecule has 0 unspecified atom stereocenters. The fraction of sp³-hybridized carbons (Fsp3) is 0.350. The second-order valence-electron chi connectivity index (χ2n) is 6.92. The number of nitrogens with two attached hydrogens (primary N) is 1. The smallest absolute Gasteiger partial charge is 0.254 e. The Morgan fingerprint density at radius 3 is 2.69 bits per heavy atom. The maximum atomic E-state index is 12.6. The number of nitrogens with one attached hydrogen (secondary N) is 1. The lowest BCUT2D eigenvalue weighted by Gasteiger charge is -2.23. The zero-order chi connectivity index (χ0) is 17.9. The summed E-state index contributed by atoms with van der Waals surface area (Å²) in [4.78, 5) is 21.6. The molecule has 0 radical (unpaired) electrons. The van der Waals surface area contributed by atoms with Gasteiger partial charge in [0.05, 0.1) is 11.9 Å². The van der Waals surface area contributed by atoms with Gasteiger partial charge in [-0.3, -0.25) is 9.36 Å². The van der Waals surface area contributed by atoms with E-state index >= 15 is 0 Å². The molecule has 1 aliphatic rings. The van der Waals surface area contributed by atoms with Gasteiger partial charge in [0.25, 0.3) is 5.56 Å². The summed E-state index contributed by atoms with van der Waals surface area (Å²) in [7, 11) is 0. The molecule has 0 atom stereocenters. The number of aromatic nitrogens is 3. The van der Waals surface area contributed by atoms with Crippen molar-refractivity contribution < 1.29 is 0 Å². The number of benzene rings is 1. The van der Waals surface area contributed by atoms with Crippen LogP contribution >= 0.6 is 0 Å². The summed E-state index contributed by atoms with van der Waals surface area (Å²) in [6, 6.07) is 11.7. The molecule has 4 rings (SSSR count). The number of nitrogen functional groups attached to an aromatic ring is 1. The van der Waals surface area contributed by atoms with Crippen LogP contribution in [0.1, 0.15) is 37.7 Å². The molecule has 0 bridgehead atoms. The fourth-order valence-corrected chi connectivity index (χ4v) is 3.59. The third-order valence-electron chi connectivity index (χ3n) is 5.00. The highest BCUT2D eigenvalue weighted by molar-refractivity contribution is 5.87. The van der Waals surface area contributed by atoms with Crippen LogP contribution in [0.2, 0.25) is 0 Å². The monoisotopic (exact) mass is 349 g/mol. The summed E-state index contributed by atoms with van der Waals surface area (Å²) in [5.74, 6) is 0.566. The lowest BCUT2D eigenvalue weighted by Crippen LogP contribution is -2.25. The highest BCUT2D eigenvalue weighted by Crippen LogP contribution is 2.22. The van der Waals surface area contributed by atoms with Crippen molar-refractivity contribution in [2.45, 2.75) is 44.7 Å². The number of fused-ring (bicyclic) bond motifs is 1. The van der Waals surface area contributed by atoms with E-state index in [4.69, 9.17) is 5.73 Å². The quantitative estimate of drug-likeness (QED) is 0.755. The molecule has 0 amide bonds. The summed E-state index contributed by atoms with van der Waals surface area (Å²) in [5, 5.41) is 4.13. The topological polar surface area (TPSA) is 85.8 Å². The first-order valence-electron chi connectivity index (χ1n) is 9.17. The van der Waals surface area contributed by atoms with Crippen LogP contribution in [0, 0.1) is 0 Å². The van der Waals surface area contributed by atoms with E-state index < -0.39 is 0 Å². The normalized spacial score (nSPS) is 15.2. The average Bonchev–Trinajstić information content (AvgIpc) is 2.67. The number of hydrogen-bond donors (Lipinski definition) is 2. The van der Waals surface area contributed by atoms with E-state index in [1.807, 2.05) is 30.3 Å². The predicted molar refractivity (Wildman–Crippen MR) is 104 cm³/mol. The fourth-order valence-electron chi connectivity index (χ4n) is 3.59. The minimum atomic E-state index is -0.152. The maximum absolute atomic E-state index is 12.6. The summed E-state index contributed by atoms with van der Waals surface area (Å²) in [6.45, 7) is 0.455. The molecule has 0 spiro atoms. The van der Waals surface area contributed by atoms with Crippen LogP contribution in [-0.2, 0) is 6.54 Å². The third kappa shape index (κ3) is 3.40. The summed E-state index contributed by atoms with van der Waals surface area (Å²) < 4.78 is 1.66. The van der Waals surface area contributed by atoms with Crippen molar-refractivity contribution >= 4 is 22.7 Å². The second kappa shape index (κ2) is 7.15. The Labute approximate surface area is 152 Å². The molecule has 1 aromatic carbocycles. The van der Waals surface area contributed by atoms with Gasteiger partial charge in [-0.25, -0.2) is 4.98 Å². The molecule has 6 nitrogen and oxygen atoms in total. The van der Waals surface area contributed by atoms with Gasteiger partial charge in [-0.15, -0.1) is 0 Å². The van der Waals surface area contributed by atoms with Crippen LogP contribution in [0.3, 0.4) is 0 Å². The zero-order valence-electron chi connectivity index (χ0n) is 14.7. The molecule has 3 aromatic rings. The number of pyridine rings is 1. The molecular weight excluding hydrogens is 326 g/mol. The molecule has 1 aliphatic carbocycles. The third-order valence-corrected chi connectivity index (χ3v) is 5.00. The van der Waals surface area contributed by atoms with Crippen molar-refractivity contribution in [1.29, 1.82) is 0 Å². The van der Waals surface area contributed by atoms with E-state index in [2.05, 4.69) is 15.3 Å². The van der Waals surface area contributed by atoms with Crippen molar-refractivity contribution in [1.82, 2.24) is 14.5 Å². The molecule has 134 valence electrons. The number of hydrogen-bond acceptors (Lipinski definition) is 5. The van der Waals surface area contributed by atoms with Gasteiger partial charge in [-0.05, 0) is 18.4 Å². The molecule has 26 heavy (non-hydrogen) atoms. The molecule has 1 saturated carbocycles. The molecule has 2 aromatic heterocycles. The van der Waals surface area contributed by atoms with Crippen LogP contribution in [-0.4, -0.2) is 20.6 Å². The van der Waals surface area contributed by atoms with E-state index in [1.165, 1.54) is 25.3 Å². The number of rotatable bonds is 4. The molecule has 3 N–H and O–H groups in total. The van der Waals surface area contributed by atoms with Gasteiger partial charge in [-0.2, -0.15) is 4.98 Å². The van der Waals surface area contributed by atoms with E-state index in [0.717, 1.165) is 18.4 Å². The Kier molecular flexibility index (Phi) is 4.56. The lowest BCUT2D eigenvalue weighted by molar-refractivity contribution is 0.461. The Morgan fingerprint density at radius 2 is 1.92 bits per heavy atom. The summed E-state index contributed by atoms with van der Waals surface area (Å²) in [6.07, 6.45) is 7.74.